The average Bonchev–Trinajstić information content (AvgIpc) is 2.37. The third kappa shape index (κ3) is 3.45. The van der Waals surface area contributed by atoms with Gasteiger partial charge in [0.25, 0.3) is 0 Å². The van der Waals surface area contributed by atoms with Gasteiger partial charge in [0.2, 0.25) is 11.8 Å². The van der Waals surface area contributed by atoms with Gasteiger partial charge in [0.15, 0.2) is 0 Å². The summed E-state index contributed by atoms with van der Waals surface area (Å²) in [6.45, 7) is 2.52. The molecule has 1 aliphatic rings. The van der Waals surface area contributed by atoms with E-state index in [0.29, 0.717) is 17.6 Å². The van der Waals surface area contributed by atoms with E-state index < -0.39 is 0 Å². The molecule has 6 nitrogen and oxygen atoms in total. The number of aromatic nitrogens is 2. The SMILES string of the molecule is COc1cc(NCC2CCCOC2)nc(N)n1. The van der Waals surface area contributed by atoms with Crippen molar-refractivity contribution >= 4 is 11.8 Å². The van der Waals surface area contributed by atoms with E-state index in [2.05, 4.69) is 15.3 Å². The highest BCUT2D eigenvalue weighted by Crippen LogP contribution is 2.17. The Morgan fingerprint density at radius 2 is 2.47 bits per heavy atom. The van der Waals surface area contributed by atoms with Crippen LogP contribution in [0.15, 0.2) is 6.07 Å². The average molecular weight is 238 g/mol. The maximum absolute atomic E-state index is 5.58. The summed E-state index contributed by atoms with van der Waals surface area (Å²) in [7, 11) is 1.56. The van der Waals surface area contributed by atoms with Gasteiger partial charge in [-0.1, -0.05) is 0 Å². The molecular weight excluding hydrogens is 220 g/mol. The highest BCUT2D eigenvalue weighted by molar-refractivity contribution is 5.42. The first-order chi connectivity index (χ1) is 8.28. The minimum Gasteiger partial charge on any atom is -0.481 e. The van der Waals surface area contributed by atoms with Crippen molar-refractivity contribution in [2.24, 2.45) is 5.92 Å². The first-order valence-electron chi connectivity index (χ1n) is 5.78. The zero-order valence-electron chi connectivity index (χ0n) is 9.98. The molecule has 0 amide bonds. The van der Waals surface area contributed by atoms with Crippen LogP contribution in [-0.2, 0) is 4.74 Å². The summed E-state index contributed by atoms with van der Waals surface area (Å²) in [5, 5.41) is 3.24. The van der Waals surface area contributed by atoms with Crippen LogP contribution in [-0.4, -0.2) is 36.8 Å². The Morgan fingerprint density at radius 1 is 1.59 bits per heavy atom. The number of hydrogen-bond donors (Lipinski definition) is 2. The predicted octanol–water partition coefficient (Wildman–Crippen LogP) is 0.906. The number of nitrogens with zero attached hydrogens (tertiary/aromatic N) is 2. The number of anilines is 2. The summed E-state index contributed by atoms with van der Waals surface area (Å²) < 4.78 is 10.4. The Kier molecular flexibility index (Phi) is 3.98. The number of rotatable bonds is 4. The van der Waals surface area contributed by atoms with E-state index >= 15 is 0 Å². The van der Waals surface area contributed by atoms with E-state index in [4.69, 9.17) is 15.2 Å². The van der Waals surface area contributed by atoms with Crippen LogP contribution in [0.4, 0.5) is 11.8 Å². The fourth-order valence-corrected chi connectivity index (χ4v) is 1.86. The van der Waals surface area contributed by atoms with Gasteiger partial charge in [-0.15, -0.1) is 0 Å². The van der Waals surface area contributed by atoms with Crippen molar-refractivity contribution in [3.8, 4) is 5.88 Å². The molecule has 1 saturated heterocycles. The minimum absolute atomic E-state index is 0.215. The third-order valence-electron chi connectivity index (χ3n) is 2.76. The largest absolute Gasteiger partial charge is 0.481 e. The molecule has 1 aliphatic heterocycles. The molecule has 1 fully saturated rings. The summed E-state index contributed by atoms with van der Waals surface area (Å²) in [4.78, 5) is 8.03. The standard InChI is InChI=1S/C11H18N4O2/c1-16-10-5-9(14-11(12)15-10)13-6-8-3-2-4-17-7-8/h5,8H,2-4,6-7H2,1H3,(H3,12,13,14,15). The Balaban J connectivity index is 1.91. The molecule has 0 spiro atoms. The Hall–Kier alpha value is -1.56. The molecule has 6 heteroatoms. The van der Waals surface area contributed by atoms with Crippen LogP contribution < -0.4 is 15.8 Å². The maximum atomic E-state index is 5.58. The van der Waals surface area contributed by atoms with Crippen LogP contribution in [0.2, 0.25) is 0 Å². The lowest BCUT2D eigenvalue weighted by Gasteiger charge is -2.22. The molecule has 0 bridgehead atoms. The first-order valence-corrected chi connectivity index (χ1v) is 5.78. The summed E-state index contributed by atoms with van der Waals surface area (Å²) in [5.74, 6) is 1.91. The van der Waals surface area contributed by atoms with Crippen molar-refractivity contribution < 1.29 is 9.47 Å². The van der Waals surface area contributed by atoms with Crippen LogP contribution in [0, 0.1) is 5.92 Å². The van der Waals surface area contributed by atoms with E-state index in [0.717, 1.165) is 26.2 Å². The second kappa shape index (κ2) is 5.67. The van der Waals surface area contributed by atoms with Gasteiger partial charge in [-0.3, -0.25) is 0 Å². The fourth-order valence-electron chi connectivity index (χ4n) is 1.86. The molecular formula is C11H18N4O2. The minimum atomic E-state index is 0.215. The molecule has 94 valence electrons. The fraction of sp³-hybridized carbons (Fsp3) is 0.636. The number of hydrogen-bond acceptors (Lipinski definition) is 6. The normalized spacial score (nSPS) is 19.9. The van der Waals surface area contributed by atoms with Crippen LogP contribution in [0.3, 0.4) is 0 Å². The molecule has 2 heterocycles. The van der Waals surface area contributed by atoms with E-state index in [-0.39, 0.29) is 5.95 Å². The van der Waals surface area contributed by atoms with Crippen molar-refractivity contribution in [3.05, 3.63) is 6.07 Å². The second-order valence-electron chi connectivity index (χ2n) is 4.12. The summed E-state index contributed by atoms with van der Waals surface area (Å²) >= 11 is 0. The molecule has 17 heavy (non-hydrogen) atoms. The van der Waals surface area contributed by atoms with E-state index in [9.17, 15) is 0 Å². The monoisotopic (exact) mass is 238 g/mol. The number of nitrogen functional groups attached to an aromatic ring is 1. The van der Waals surface area contributed by atoms with Crippen molar-refractivity contribution in [2.75, 3.05) is 37.9 Å². The van der Waals surface area contributed by atoms with Gasteiger partial charge in [-0.05, 0) is 18.8 Å². The Morgan fingerprint density at radius 3 is 3.18 bits per heavy atom. The number of ether oxygens (including phenoxy) is 2. The molecule has 1 unspecified atom stereocenters. The molecule has 1 aromatic rings. The summed E-state index contributed by atoms with van der Waals surface area (Å²) in [6.07, 6.45) is 2.31. The topological polar surface area (TPSA) is 82.3 Å². The molecule has 0 aromatic carbocycles. The van der Waals surface area contributed by atoms with Gasteiger partial charge >= 0.3 is 0 Å². The van der Waals surface area contributed by atoms with Crippen molar-refractivity contribution in [1.82, 2.24) is 9.97 Å². The number of methoxy groups -OCH3 is 1. The molecule has 1 atom stereocenters. The second-order valence-corrected chi connectivity index (χ2v) is 4.12. The zero-order chi connectivity index (χ0) is 12.1. The quantitative estimate of drug-likeness (QED) is 0.811. The highest BCUT2D eigenvalue weighted by atomic mass is 16.5. The van der Waals surface area contributed by atoms with E-state index in [1.54, 1.807) is 13.2 Å². The van der Waals surface area contributed by atoms with Crippen LogP contribution >= 0.6 is 0 Å². The van der Waals surface area contributed by atoms with Crippen LogP contribution in [0.1, 0.15) is 12.8 Å². The predicted molar refractivity (Wildman–Crippen MR) is 65.0 cm³/mol. The smallest absolute Gasteiger partial charge is 0.225 e. The van der Waals surface area contributed by atoms with E-state index in [1.807, 2.05) is 0 Å². The molecule has 3 N–H and O–H groups in total. The lowest BCUT2D eigenvalue weighted by molar-refractivity contribution is 0.0595. The van der Waals surface area contributed by atoms with Gasteiger partial charge in [0, 0.05) is 19.2 Å². The summed E-state index contributed by atoms with van der Waals surface area (Å²) in [6, 6.07) is 1.74. The number of nitrogens with two attached hydrogens (primary N) is 1. The van der Waals surface area contributed by atoms with Crippen molar-refractivity contribution in [2.45, 2.75) is 12.8 Å². The maximum Gasteiger partial charge on any atom is 0.225 e. The van der Waals surface area contributed by atoms with Gasteiger partial charge in [0.1, 0.15) is 5.82 Å². The third-order valence-corrected chi connectivity index (χ3v) is 2.76. The lowest BCUT2D eigenvalue weighted by Crippen LogP contribution is -2.24. The van der Waals surface area contributed by atoms with Gasteiger partial charge in [0.05, 0.1) is 13.7 Å². The molecule has 2 rings (SSSR count). The number of nitrogens with one attached hydrogen (secondary N) is 1. The van der Waals surface area contributed by atoms with Gasteiger partial charge in [-0.25, -0.2) is 0 Å². The Bertz CT molecular complexity index is 366. The van der Waals surface area contributed by atoms with Crippen molar-refractivity contribution in [3.63, 3.8) is 0 Å². The highest BCUT2D eigenvalue weighted by Gasteiger charge is 2.14. The molecule has 0 aliphatic carbocycles. The molecule has 0 saturated carbocycles. The Labute approximate surface area is 101 Å². The summed E-state index contributed by atoms with van der Waals surface area (Å²) in [5.41, 5.74) is 5.58. The van der Waals surface area contributed by atoms with Gasteiger partial charge in [-0.2, -0.15) is 9.97 Å². The van der Waals surface area contributed by atoms with E-state index in [1.165, 1.54) is 6.42 Å². The molecule has 1 aromatic heterocycles. The first kappa shape index (κ1) is 11.9. The lowest BCUT2D eigenvalue weighted by atomic mass is 10.0. The molecule has 0 radical (unpaired) electrons. The van der Waals surface area contributed by atoms with Gasteiger partial charge < -0.3 is 20.5 Å². The van der Waals surface area contributed by atoms with Crippen LogP contribution in [0.25, 0.3) is 0 Å². The van der Waals surface area contributed by atoms with Crippen molar-refractivity contribution in [1.29, 1.82) is 0 Å². The zero-order valence-corrected chi connectivity index (χ0v) is 9.98. The van der Waals surface area contributed by atoms with Crippen LogP contribution in [0.5, 0.6) is 5.88 Å².